The van der Waals surface area contributed by atoms with Crippen LogP contribution in [0.4, 0.5) is 8.78 Å². The predicted molar refractivity (Wildman–Crippen MR) is 75.9 cm³/mol. The highest BCUT2D eigenvalue weighted by atomic mass is 19.3. The Balaban J connectivity index is 1.67. The van der Waals surface area contributed by atoms with Crippen LogP contribution in [-0.4, -0.2) is 13.2 Å². The molecule has 0 bridgehead atoms. The van der Waals surface area contributed by atoms with Gasteiger partial charge in [0.2, 0.25) is 0 Å². The summed E-state index contributed by atoms with van der Waals surface area (Å²) in [7, 11) is 0. The second-order valence-electron chi connectivity index (χ2n) is 5.06. The van der Waals surface area contributed by atoms with Crippen LogP contribution >= 0.6 is 0 Å². The fraction of sp³-hybridized carbons (Fsp3) is 0.500. The lowest BCUT2D eigenvalue weighted by Gasteiger charge is -2.13. The predicted octanol–water partition coefficient (Wildman–Crippen LogP) is 4.27. The standard InChI is InChI=1S/C16H21F2NO/c17-16(18)20-15-8-6-14(7-9-15)12-19-11-10-13-4-2-1-3-5-13/h4,6-9,16,19H,1-3,5,10-12H2. The Morgan fingerprint density at radius 1 is 1.15 bits per heavy atom. The Labute approximate surface area is 118 Å². The highest BCUT2D eigenvalue weighted by Crippen LogP contribution is 2.19. The fourth-order valence-electron chi connectivity index (χ4n) is 2.40. The van der Waals surface area contributed by atoms with Crippen molar-refractivity contribution in [1.29, 1.82) is 0 Å². The van der Waals surface area contributed by atoms with E-state index in [4.69, 9.17) is 0 Å². The molecule has 0 atom stereocenters. The molecule has 0 fully saturated rings. The van der Waals surface area contributed by atoms with Gasteiger partial charge in [0.15, 0.2) is 0 Å². The third kappa shape index (κ3) is 5.29. The van der Waals surface area contributed by atoms with E-state index in [1.165, 1.54) is 25.7 Å². The van der Waals surface area contributed by atoms with Crippen molar-refractivity contribution < 1.29 is 13.5 Å². The highest BCUT2D eigenvalue weighted by molar-refractivity contribution is 5.27. The first-order valence-electron chi connectivity index (χ1n) is 7.16. The summed E-state index contributed by atoms with van der Waals surface area (Å²) in [6.07, 6.45) is 8.57. The van der Waals surface area contributed by atoms with Gasteiger partial charge in [-0.1, -0.05) is 23.8 Å². The van der Waals surface area contributed by atoms with E-state index in [0.29, 0.717) is 0 Å². The SMILES string of the molecule is FC(F)Oc1ccc(CNCCC2=CCCCC2)cc1. The van der Waals surface area contributed by atoms with Crippen LogP contribution < -0.4 is 10.1 Å². The van der Waals surface area contributed by atoms with Gasteiger partial charge in [-0.2, -0.15) is 8.78 Å². The maximum atomic E-state index is 12.0. The molecule has 0 spiro atoms. The lowest BCUT2D eigenvalue weighted by Crippen LogP contribution is -2.15. The molecule has 0 amide bonds. The number of halogens is 2. The van der Waals surface area contributed by atoms with Gasteiger partial charge in [0.05, 0.1) is 0 Å². The molecule has 0 heterocycles. The smallest absolute Gasteiger partial charge is 0.387 e. The molecule has 2 rings (SSSR count). The fourth-order valence-corrected chi connectivity index (χ4v) is 2.40. The Morgan fingerprint density at radius 2 is 1.95 bits per heavy atom. The largest absolute Gasteiger partial charge is 0.435 e. The molecule has 0 aliphatic heterocycles. The van der Waals surface area contributed by atoms with Gasteiger partial charge in [0, 0.05) is 6.54 Å². The van der Waals surface area contributed by atoms with Crippen molar-refractivity contribution in [3.8, 4) is 5.75 Å². The van der Waals surface area contributed by atoms with Gasteiger partial charge in [-0.15, -0.1) is 0 Å². The molecule has 0 aromatic heterocycles. The van der Waals surface area contributed by atoms with Crippen LogP contribution in [0, 0.1) is 0 Å². The van der Waals surface area contributed by atoms with Crippen molar-refractivity contribution in [2.75, 3.05) is 6.54 Å². The molecule has 1 N–H and O–H groups in total. The third-order valence-corrected chi connectivity index (χ3v) is 3.49. The van der Waals surface area contributed by atoms with Crippen molar-refractivity contribution in [3.05, 3.63) is 41.5 Å². The van der Waals surface area contributed by atoms with Crippen LogP contribution in [0.1, 0.15) is 37.7 Å². The van der Waals surface area contributed by atoms with Gasteiger partial charge < -0.3 is 10.1 Å². The zero-order chi connectivity index (χ0) is 14.2. The molecule has 20 heavy (non-hydrogen) atoms. The van der Waals surface area contributed by atoms with Crippen molar-refractivity contribution in [3.63, 3.8) is 0 Å². The quantitative estimate of drug-likeness (QED) is 0.595. The minimum absolute atomic E-state index is 0.205. The number of hydrogen-bond acceptors (Lipinski definition) is 2. The summed E-state index contributed by atoms with van der Waals surface area (Å²) in [6.45, 7) is -1.05. The number of hydrogen-bond donors (Lipinski definition) is 1. The Kier molecular flexibility index (Phi) is 5.99. The van der Waals surface area contributed by atoms with E-state index in [1.807, 2.05) is 12.1 Å². The van der Waals surface area contributed by atoms with Crippen LogP contribution in [0.3, 0.4) is 0 Å². The number of ether oxygens (including phenoxy) is 1. The third-order valence-electron chi connectivity index (χ3n) is 3.49. The molecule has 2 nitrogen and oxygen atoms in total. The van der Waals surface area contributed by atoms with Gasteiger partial charge >= 0.3 is 6.61 Å². The van der Waals surface area contributed by atoms with Crippen LogP contribution in [0.15, 0.2) is 35.9 Å². The van der Waals surface area contributed by atoms with E-state index in [9.17, 15) is 8.78 Å². The molecule has 0 unspecified atom stereocenters. The number of benzene rings is 1. The number of nitrogens with one attached hydrogen (secondary N) is 1. The summed E-state index contributed by atoms with van der Waals surface area (Å²) in [5.41, 5.74) is 2.63. The van der Waals surface area contributed by atoms with Gasteiger partial charge in [-0.25, -0.2) is 0 Å². The summed E-state index contributed by atoms with van der Waals surface area (Å²) in [4.78, 5) is 0. The van der Waals surface area contributed by atoms with Crippen molar-refractivity contribution in [2.24, 2.45) is 0 Å². The Bertz CT molecular complexity index is 429. The summed E-state index contributed by atoms with van der Waals surface area (Å²) >= 11 is 0. The summed E-state index contributed by atoms with van der Waals surface area (Å²) < 4.78 is 28.3. The summed E-state index contributed by atoms with van der Waals surface area (Å²) in [5, 5.41) is 3.38. The first kappa shape index (κ1) is 15.0. The monoisotopic (exact) mass is 281 g/mol. The molecule has 110 valence electrons. The molecule has 0 radical (unpaired) electrons. The van der Waals surface area contributed by atoms with E-state index < -0.39 is 6.61 Å². The Hall–Kier alpha value is -1.42. The van der Waals surface area contributed by atoms with Crippen molar-refractivity contribution in [1.82, 2.24) is 5.32 Å². The maximum absolute atomic E-state index is 12.0. The second-order valence-corrected chi connectivity index (χ2v) is 5.06. The lowest BCUT2D eigenvalue weighted by molar-refractivity contribution is -0.0498. The summed E-state index contributed by atoms with van der Waals surface area (Å²) in [6, 6.07) is 6.77. The molecule has 0 saturated carbocycles. The second kappa shape index (κ2) is 8.00. The number of rotatable bonds is 7. The topological polar surface area (TPSA) is 21.3 Å². The van der Waals surface area contributed by atoms with Gasteiger partial charge in [-0.05, 0) is 56.3 Å². The zero-order valence-electron chi connectivity index (χ0n) is 11.6. The van der Waals surface area contributed by atoms with Crippen molar-refractivity contribution in [2.45, 2.75) is 45.3 Å². The van der Waals surface area contributed by atoms with E-state index >= 15 is 0 Å². The Morgan fingerprint density at radius 3 is 2.60 bits per heavy atom. The van der Waals surface area contributed by atoms with Crippen LogP contribution in [0.25, 0.3) is 0 Å². The van der Waals surface area contributed by atoms with E-state index in [0.717, 1.165) is 25.1 Å². The molecule has 4 heteroatoms. The molecular formula is C16H21F2NO. The van der Waals surface area contributed by atoms with E-state index in [-0.39, 0.29) is 5.75 Å². The molecule has 1 aliphatic carbocycles. The zero-order valence-corrected chi connectivity index (χ0v) is 11.6. The van der Waals surface area contributed by atoms with Crippen LogP contribution in [0.2, 0.25) is 0 Å². The van der Waals surface area contributed by atoms with Gasteiger partial charge in [-0.3, -0.25) is 0 Å². The average molecular weight is 281 g/mol. The lowest BCUT2D eigenvalue weighted by atomic mass is 9.97. The van der Waals surface area contributed by atoms with Gasteiger partial charge in [0.25, 0.3) is 0 Å². The molecule has 1 aliphatic rings. The first-order valence-corrected chi connectivity index (χ1v) is 7.16. The van der Waals surface area contributed by atoms with Gasteiger partial charge in [0.1, 0.15) is 5.75 Å². The number of alkyl halides is 2. The molecule has 0 saturated heterocycles. The minimum atomic E-state index is -2.76. The number of allylic oxidation sites excluding steroid dienone is 1. The minimum Gasteiger partial charge on any atom is -0.435 e. The average Bonchev–Trinajstić information content (AvgIpc) is 2.46. The van der Waals surface area contributed by atoms with E-state index in [2.05, 4.69) is 16.1 Å². The van der Waals surface area contributed by atoms with Crippen molar-refractivity contribution >= 4 is 0 Å². The maximum Gasteiger partial charge on any atom is 0.387 e. The van der Waals surface area contributed by atoms with Crippen LogP contribution in [0.5, 0.6) is 5.75 Å². The first-order chi connectivity index (χ1) is 9.74. The van der Waals surface area contributed by atoms with Crippen LogP contribution in [-0.2, 0) is 6.54 Å². The molecule has 1 aromatic rings. The summed E-state index contributed by atoms with van der Waals surface area (Å²) in [5.74, 6) is 0.205. The normalized spacial score (nSPS) is 15.2. The highest BCUT2D eigenvalue weighted by Gasteiger charge is 2.04. The van der Waals surface area contributed by atoms with E-state index in [1.54, 1.807) is 17.7 Å². The molecular weight excluding hydrogens is 260 g/mol. The molecule has 1 aromatic carbocycles.